The molecule has 2 unspecified atom stereocenters. The normalized spacial score (nSPS) is 28.6. The Hall–Kier alpha value is -0.900. The SMILES string of the molecule is CCN(Cc1csc2ccccc12)C1CC2CCC(C1)N2. The van der Waals surface area contributed by atoms with Crippen LogP contribution in [0.2, 0.25) is 0 Å². The quantitative estimate of drug-likeness (QED) is 0.918. The van der Waals surface area contributed by atoms with Gasteiger partial charge in [0.25, 0.3) is 0 Å². The first-order valence-corrected chi connectivity index (χ1v) is 9.16. The predicted molar refractivity (Wildman–Crippen MR) is 90.9 cm³/mol. The Balaban J connectivity index is 1.54. The van der Waals surface area contributed by atoms with Gasteiger partial charge in [-0.1, -0.05) is 25.1 Å². The molecular weight excluding hydrogens is 276 g/mol. The van der Waals surface area contributed by atoms with Gasteiger partial charge in [-0.15, -0.1) is 11.3 Å². The molecule has 2 aromatic rings. The lowest BCUT2D eigenvalue weighted by molar-refractivity contribution is 0.141. The van der Waals surface area contributed by atoms with Crippen molar-refractivity contribution in [3.8, 4) is 0 Å². The zero-order valence-corrected chi connectivity index (χ0v) is 13.5. The van der Waals surface area contributed by atoms with E-state index in [2.05, 4.69) is 46.8 Å². The molecular formula is C18H24N2S. The molecule has 3 heteroatoms. The number of nitrogens with zero attached hydrogens (tertiary/aromatic N) is 1. The van der Waals surface area contributed by atoms with E-state index in [0.29, 0.717) is 0 Å². The topological polar surface area (TPSA) is 15.3 Å². The predicted octanol–water partition coefficient (Wildman–Crippen LogP) is 4.01. The van der Waals surface area contributed by atoms with Crippen molar-refractivity contribution in [3.63, 3.8) is 0 Å². The molecule has 2 fully saturated rings. The van der Waals surface area contributed by atoms with E-state index in [9.17, 15) is 0 Å². The number of rotatable bonds is 4. The number of hydrogen-bond acceptors (Lipinski definition) is 3. The zero-order valence-electron chi connectivity index (χ0n) is 12.7. The third kappa shape index (κ3) is 2.63. The smallest absolute Gasteiger partial charge is 0.0346 e. The van der Waals surface area contributed by atoms with Crippen molar-refractivity contribution < 1.29 is 0 Å². The van der Waals surface area contributed by atoms with Crippen LogP contribution in [0.15, 0.2) is 29.6 Å². The van der Waals surface area contributed by atoms with Gasteiger partial charge in [-0.2, -0.15) is 0 Å². The fourth-order valence-electron chi connectivity index (χ4n) is 4.20. The van der Waals surface area contributed by atoms with E-state index >= 15 is 0 Å². The number of benzene rings is 1. The van der Waals surface area contributed by atoms with Crippen LogP contribution >= 0.6 is 11.3 Å². The summed E-state index contributed by atoms with van der Waals surface area (Å²) >= 11 is 1.89. The summed E-state index contributed by atoms with van der Waals surface area (Å²) in [5.41, 5.74) is 1.52. The lowest BCUT2D eigenvalue weighted by Crippen LogP contribution is -2.47. The minimum absolute atomic E-state index is 0.771. The van der Waals surface area contributed by atoms with Crippen molar-refractivity contribution in [1.82, 2.24) is 10.2 Å². The second kappa shape index (κ2) is 5.71. The first-order valence-electron chi connectivity index (χ1n) is 8.28. The molecule has 0 saturated carbocycles. The Labute approximate surface area is 131 Å². The number of hydrogen-bond donors (Lipinski definition) is 1. The van der Waals surface area contributed by atoms with Crippen molar-refractivity contribution in [2.45, 2.75) is 57.3 Å². The van der Waals surface area contributed by atoms with E-state index in [1.807, 2.05) is 11.3 Å². The molecule has 1 aromatic carbocycles. The molecule has 2 aliphatic heterocycles. The minimum Gasteiger partial charge on any atom is -0.311 e. The molecule has 1 N–H and O–H groups in total. The molecule has 21 heavy (non-hydrogen) atoms. The summed E-state index contributed by atoms with van der Waals surface area (Å²) in [5, 5.41) is 7.58. The van der Waals surface area contributed by atoms with E-state index in [0.717, 1.165) is 31.2 Å². The molecule has 2 nitrogen and oxygen atoms in total. The van der Waals surface area contributed by atoms with Crippen LogP contribution < -0.4 is 5.32 Å². The van der Waals surface area contributed by atoms with Gasteiger partial charge in [-0.25, -0.2) is 0 Å². The summed E-state index contributed by atoms with van der Waals surface area (Å²) in [5.74, 6) is 0. The summed E-state index contributed by atoms with van der Waals surface area (Å²) in [7, 11) is 0. The summed E-state index contributed by atoms with van der Waals surface area (Å²) < 4.78 is 1.42. The number of piperidine rings is 1. The number of fused-ring (bicyclic) bond motifs is 3. The standard InChI is InChI=1S/C18H24N2S/c1-2-20(16-9-14-7-8-15(10-16)19-14)11-13-12-21-18-6-4-3-5-17(13)18/h3-6,12,14-16,19H,2,7-11H2,1H3. The molecule has 2 saturated heterocycles. The van der Waals surface area contributed by atoms with Gasteiger partial charge in [0.2, 0.25) is 0 Å². The van der Waals surface area contributed by atoms with E-state index in [1.165, 1.54) is 41.3 Å². The Morgan fingerprint density at radius 3 is 2.71 bits per heavy atom. The van der Waals surface area contributed by atoms with Crippen molar-refractivity contribution >= 4 is 21.4 Å². The average Bonchev–Trinajstić information content (AvgIpc) is 3.08. The highest BCUT2D eigenvalue weighted by Crippen LogP contribution is 2.32. The molecule has 4 rings (SSSR count). The maximum atomic E-state index is 3.76. The van der Waals surface area contributed by atoms with Gasteiger partial charge in [-0.3, -0.25) is 4.90 Å². The van der Waals surface area contributed by atoms with Gasteiger partial charge >= 0.3 is 0 Å². The van der Waals surface area contributed by atoms with Gasteiger partial charge in [-0.05, 0) is 54.6 Å². The molecule has 2 bridgehead atoms. The Morgan fingerprint density at radius 1 is 1.19 bits per heavy atom. The zero-order chi connectivity index (χ0) is 14.2. The van der Waals surface area contributed by atoms with Crippen molar-refractivity contribution in [2.75, 3.05) is 6.54 Å². The molecule has 0 radical (unpaired) electrons. The van der Waals surface area contributed by atoms with Crippen LogP contribution in [0.4, 0.5) is 0 Å². The minimum atomic E-state index is 0.771. The van der Waals surface area contributed by atoms with Crippen LogP contribution in [-0.2, 0) is 6.54 Å². The highest BCUT2D eigenvalue weighted by molar-refractivity contribution is 7.17. The number of nitrogens with one attached hydrogen (secondary N) is 1. The van der Waals surface area contributed by atoms with E-state index in [4.69, 9.17) is 0 Å². The van der Waals surface area contributed by atoms with Gasteiger partial charge in [0, 0.05) is 29.4 Å². The van der Waals surface area contributed by atoms with Crippen LogP contribution in [0.1, 0.15) is 38.2 Å². The molecule has 0 spiro atoms. The molecule has 1 aromatic heterocycles. The molecule has 0 aliphatic carbocycles. The number of thiophene rings is 1. The summed E-state index contributed by atoms with van der Waals surface area (Å²) in [6, 6.07) is 11.2. The first-order chi connectivity index (χ1) is 10.3. The summed E-state index contributed by atoms with van der Waals surface area (Å²) in [6.45, 7) is 4.59. The largest absolute Gasteiger partial charge is 0.311 e. The van der Waals surface area contributed by atoms with Crippen LogP contribution in [0.25, 0.3) is 10.1 Å². The maximum Gasteiger partial charge on any atom is 0.0346 e. The Kier molecular flexibility index (Phi) is 3.74. The molecule has 112 valence electrons. The average molecular weight is 300 g/mol. The Bertz CT molecular complexity index is 608. The van der Waals surface area contributed by atoms with Gasteiger partial charge in [0.15, 0.2) is 0 Å². The van der Waals surface area contributed by atoms with Crippen LogP contribution in [-0.4, -0.2) is 29.6 Å². The lowest BCUT2D eigenvalue weighted by atomic mass is 9.97. The van der Waals surface area contributed by atoms with Crippen LogP contribution in [0.5, 0.6) is 0 Å². The molecule has 2 atom stereocenters. The lowest BCUT2D eigenvalue weighted by Gasteiger charge is -2.37. The molecule has 2 aliphatic rings. The van der Waals surface area contributed by atoms with Crippen molar-refractivity contribution in [1.29, 1.82) is 0 Å². The summed E-state index contributed by atoms with van der Waals surface area (Å²) in [6.07, 6.45) is 5.46. The first kappa shape index (κ1) is 13.7. The molecule has 3 heterocycles. The van der Waals surface area contributed by atoms with E-state index in [-0.39, 0.29) is 0 Å². The van der Waals surface area contributed by atoms with Gasteiger partial charge in [0.05, 0.1) is 0 Å². The molecule has 0 amide bonds. The highest BCUT2D eigenvalue weighted by atomic mass is 32.1. The Morgan fingerprint density at radius 2 is 1.95 bits per heavy atom. The second-order valence-electron chi connectivity index (χ2n) is 6.58. The monoisotopic (exact) mass is 300 g/mol. The van der Waals surface area contributed by atoms with Gasteiger partial charge < -0.3 is 5.32 Å². The van der Waals surface area contributed by atoms with Crippen molar-refractivity contribution in [2.24, 2.45) is 0 Å². The second-order valence-corrected chi connectivity index (χ2v) is 7.49. The van der Waals surface area contributed by atoms with Gasteiger partial charge in [0.1, 0.15) is 0 Å². The van der Waals surface area contributed by atoms with E-state index in [1.54, 1.807) is 0 Å². The summed E-state index contributed by atoms with van der Waals surface area (Å²) in [4.78, 5) is 2.71. The maximum absolute atomic E-state index is 3.76. The fourth-order valence-corrected chi connectivity index (χ4v) is 5.15. The highest BCUT2D eigenvalue weighted by Gasteiger charge is 2.35. The van der Waals surface area contributed by atoms with Crippen molar-refractivity contribution in [3.05, 3.63) is 35.2 Å². The third-order valence-corrected chi connectivity index (χ3v) is 6.32. The van der Waals surface area contributed by atoms with E-state index < -0.39 is 0 Å². The van der Waals surface area contributed by atoms with Crippen LogP contribution in [0, 0.1) is 0 Å². The third-order valence-electron chi connectivity index (χ3n) is 5.31. The van der Waals surface area contributed by atoms with Crippen LogP contribution in [0.3, 0.4) is 0 Å². The fraction of sp³-hybridized carbons (Fsp3) is 0.556.